The highest BCUT2D eigenvalue weighted by Gasteiger charge is 1.87. The van der Waals surface area contributed by atoms with E-state index in [1.54, 1.807) is 0 Å². The van der Waals surface area contributed by atoms with Crippen LogP contribution in [0, 0.1) is 0 Å². The second-order valence-electron chi connectivity index (χ2n) is 1.99. The molecule has 0 unspecified atom stereocenters. The Morgan fingerprint density at radius 1 is 1.22 bits per heavy atom. The van der Waals surface area contributed by atoms with Crippen molar-refractivity contribution >= 4 is 5.69 Å². The molecule has 0 radical (unpaired) electrons. The van der Waals surface area contributed by atoms with Crippen LogP contribution in [0.15, 0.2) is 24.3 Å². The number of anilines is 1. The van der Waals surface area contributed by atoms with Crippen molar-refractivity contribution in [3.8, 4) is 0 Å². The highest BCUT2D eigenvalue weighted by molar-refractivity contribution is 5.38. The Morgan fingerprint density at radius 2 is 1.78 bits per heavy atom. The highest BCUT2D eigenvalue weighted by atomic mass is 14.5. The fraction of sp³-hybridized carbons (Fsp3) is 0.143. The summed E-state index contributed by atoms with van der Waals surface area (Å²) in [5.41, 5.74) is 11.2. The monoisotopic (exact) mass is 123 g/mol. The minimum Gasteiger partial charge on any atom is -0.399 e. The van der Waals surface area contributed by atoms with Crippen molar-refractivity contribution in [3.05, 3.63) is 29.8 Å². The summed E-state index contributed by atoms with van der Waals surface area (Å²) in [6.07, 6.45) is 0. The largest absolute Gasteiger partial charge is 0.399 e. The molecule has 0 heterocycles. The van der Waals surface area contributed by atoms with Gasteiger partial charge in [-0.15, -0.1) is 0 Å². The normalized spacial score (nSPS) is 9.44. The van der Waals surface area contributed by atoms with Gasteiger partial charge in [0.15, 0.2) is 0 Å². The predicted molar refractivity (Wildman–Crippen MR) is 37.4 cm³/mol. The van der Waals surface area contributed by atoms with Gasteiger partial charge in [-0.2, -0.15) is 0 Å². The number of nitrogens with two attached hydrogens (primary N) is 1. The molecule has 0 saturated carbocycles. The van der Waals surface area contributed by atoms with E-state index in [0.717, 1.165) is 12.2 Å². The maximum atomic E-state index is 5.46. The first-order valence-corrected chi connectivity index (χ1v) is 2.96. The third-order valence-electron chi connectivity index (χ3n) is 1.27. The van der Waals surface area contributed by atoms with Gasteiger partial charge in [0.25, 0.3) is 0 Å². The molecule has 1 rings (SSSR count). The molecule has 0 fully saturated rings. The molecular weight excluding hydrogens is 112 g/mol. The first-order chi connectivity index (χ1) is 4.33. The first kappa shape index (κ1) is 6.11. The van der Waals surface area contributed by atoms with Crippen molar-refractivity contribution in [2.45, 2.75) is 6.54 Å². The van der Waals surface area contributed by atoms with Crippen LogP contribution in [0.4, 0.5) is 5.69 Å². The van der Waals surface area contributed by atoms with Crippen LogP contribution in [-0.4, -0.2) is 0 Å². The summed E-state index contributed by atoms with van der Waals surface area (Å²) in [6.45, 7) is 0.834. The molecule has 0 aliphatic carbocycles. The van der Waals surface area contributed by atoms with Gasteiger partial charge in [-0.3, -0.25) is 0 Å². The van der Waals surface area contributed by atoms with E-state index in [0.29, 0.717) is 0 Å². The SMILES string of the molecule is Nc1ccc(C[NH3+])cc1. The van der Waals surface area contributed by atoms with Crippen molar-refractivity contribution in [2.75, 3.05) is 5.73 Å². The van der Waals surface area contributed by atoms with Gasteiger partial charge in [0.1, 0.15) is 0 Å². The molecule has 0 aliphatic rings. The van der Waals surface area contributed by atoms with Crippen LogP contribution in [0.2, 0.25) is 0 Å². The summed E-state index contributed by atoms with van der Waals surface area (Å²) >= 11 is 0. The molecular formula is C7H11N2+. The molecule has 0 spiro atoms. The first-order valence-electron chi connectivity index (χ1n) is 2.96. The average Bonchev–Trinajstić information content (AvgIpc) is 1.90. The van der Waals surface area contributed by atoms with Crippen LogP contribution in [0.3, 0.4) is 0 Å². The molecule has 2 heteroatoms. The van der Waals surface area contributed by atoms with E-state index < -0.39 is 0 Å². The number of benzene rings is 1. The minimum atomic E-state index is 0.812. The second-order valence-corrected chi connectivity index (χ2v) is 1.99. The average molecular weight is 123 g/mol. The van der Waals surface area contributed by atoms with E-state index in [-0.39, 0.29) is 0 Å². The van der Waals surface area contributed by atoms with Gasteiger partial charge in [-0.25, -0.2) is 0 Å². The van der Waals surface area contributed by atoms with Gasteiger partial charge in [-0.1, -0.05) is 12.1 Å². The third kappa shape index (κ3) is 1.44. The molecule has 9 heavy (non-hydrogen) atoms. The van der Waals surface area contributed by atoms with Crippen LogP contribution < -0.4 is 11.5 Å². The summed E-state index contributed by atoms with van der Waals surface area (Å²) in [5, 5.41) is 0. The van der Waals surface area contributed by atoms with Crippen molar-refractivity contribution < 1.29 is 5.73 Å². The summed E-state index contributed by atoms with van der Waals surface area (Å²) in [7, 11) is 0. The Labute approximate surface area is 54.5 Å². The predicted octanol–water partition coefficient (Wildman–Crippen LogP) is 0.0107. The zero-order valence-electron chi connectivity index (χ0n) is 5.30. The molecule has 0 atom stereocenters. The summed E-state index contributed by atoms with van der Waals surface area (Å²) in [6, 6.07) is 7.76. The smallest absolute Gasteiger partial charge is 0.0997 e. The Morgan fingerprint density at radius 3 is 2.22 bits per heavy atom. The topological polar surface area (TPSA) is 53.7 Å². The molecule has 0 bridgehead atoms. The number of rotatable bonds is 1. The van der Waals surface area contributed by atoms with Gasteiger partial charge >= 0.3 is 0 Å². The molecule has 0 amide bonds. The number of nitrogen functional groups attached to an aromatic ring is 1. The van der Waals surface area contributed by atoms with E-state index >= 15 is 0 Å². The lowest BCUT2D eigenvalue weighted by molar-refractivity contribution is -0.386. The second kappa shape index (κ2) is 2.51. The summed E-state index contributed by atoms with van der Waals surface area (Å²) in [5.74, 6) is 0. The highest BCUT2D eigenvalue weighted by Crippen LogP contribution is 2.02. The molecule has 1 aromatic rings. The van der Waals surface area contributed by atoms with Crippen molar-refractivity contribution in [1.82, 2.24) is 0 Å². The Bertz CT molecular complexity index is 179. The van der Waals surface area contributed by atoms with Gasteiger partial charge in [0, 0.05) is 11.3 Å². The Kier molecular flexibility index (Phi) is 1.70. The number of hydrogen-bond donors (Lipinski definition) is 2. The lowest BCUT2D eigenvalue weighted by Gasteiger charge is -1.92. The molecule has 1 aromatic carbocycles. The van der Waals surface area contributed by atoms with E-state index in [9.17, 15) is 0 Å². The fourth-order valence-corrected chi connectivity index (χ4v) is 0.684. The zero-order valence-corrected chi connectivity index (χ0v) is 5.30. The number of quaternary nitrogens is 1. The van der Waals surface area contributed by atoms with Gasteiger partial charge in [-0.05, 0) is 12.1 Å². The van der Waals surface area contributed by atoms with Crippen LogP contribution in [0.5, 0.6) is 0 Å². The lowest BCUT2D eigenvalue weighted by Crippen LogP contribution is -2.47. The maximum absolute atomic E-state index is 5.46. The van der Waals surface area contributed by atoms with Crippen molar-refractivity contribution in [1.29, 1.82) is 0 Å². The Hall–Kier alpha value is -1.02. The molecule has 5 N–H and O–H groups in total. The molecule has 0 saturated heterocycles. The maximum Gasteiger partial charge on any atom is 0.0997 e. The van der Waals surface area contributed by atoms with Crippen molar-refractivity contribution in [3.63, 3.8) is 0 Å². The molecule has 0 aliphatic heterocycles. The quantitative estimate of drug-likeness (QED) is 0.508. The Balaban J connectivity index is 2.88. The van der Waals surface area contributed by atoms with E-state index in [1.807, 2.05) is 24.3 Å². The van der Waals surface area contributed by atoms with Crippen LogP contribution in [-0.2, 0) is 6.54 Å². The van der Waals surface area contributed by atoms with Crippen molar-refractivity contribution in [2.24, 2.45) is 0 Å². The van der Waals surface area contributed by atoms with Gasteiger partial charge in [0.2, 0.25) is 0 Å². The fourth-order valence-electron chi connectivity index (χ4n) is 0.684. The molecule has 2 nitrogen and oxygen atoms in total. The molecule has 48 valence electrons. The van der Waals surface area contributed by atoms with Gasteiger partial charge in [0.05, 0.1) is 6.54 Å². The summed E-state index contributed by atoms with van der Waals surface area (Å²) < 4.78 is 0. The number of hydrogen-bond acceptors (Lipinski definition) is 1. The minimum absolute atomic E-state index is 0.812. The standard InChI is InChI=1S/C7H10N2/c8-5-6-1-3-7(9)4-2-6/h1-4H,5,8-9H2/p+1. The van der Waals surface area contributed by atoms with E-state index in [2.05, 4.69) is 5.73 Å². The molecule has 0 aromatic heterocycles. The summed E-state index contributed by atoms with van der Waals surface area (Å²) in [4.78, 5) is 0. The van der Waals surface area contributed by atoms with E-state index in [1.165, 1.54) is 5.56 Å². The van der Waals surface area contributed by atoms with Crippen LogP contribution in [0.1, 0.15) is 5.56 Å². The van der Waals surface area contributed by atoms with E-state index in [4.69, 9.17) is 5.73 Å². The third-order valence-corrected chi connectivity index (χ3v) is 1.27. The zero-order chi connectivity index (χ0) is 6.69. The van der Waals surface area contributed by atoms with Crippen LogP contribution in [0.25, 0.3) is 0 Å². The van der Waals surface area contributed by atoms with Crippen LogP contribution >= 0.6 is 0 Å². The lowest BCUT2D eigenvalue weighted by atomic mass is 10.2. The van der Waals surface area contributed by atoms with Gasteiger partial charge < -0.3 is 11.5 Å².